The van der Waals surface area contributed by atoms with Gasteiger partial charge in [0.15, 0.2) is 22.8 Å². The summed E-state index contributed by atoms with van der Waals surface area (Å²) in [6.45, 7) is 4.15. The van der Waals surface area contributed by atoms with E-state index in [1.54, 1.807) is 75.7 Å². The fourth-order valence-corrected chi connectivity index (χ4v) is 8.26. The molecule has 9 aromatic rings. The monoisotopic (exact) mass is 999 g/mol. The number of amides is 2. The summed E-state index contributed by atoms with van der Waals surface area (Å²) in [5, 5.41) is 66.5. The van der Waals surface area contributed by atoms with E-state index < -0.39 is 48.4 Å². The number of nitrogens with zero attached hydrogens (tertiary/aromatic N) is 12. The summed E-state index contributed by atoms with van der Waals surface area (Å²) in [5.41, 5.74) is 2.19. The lowest BCUT2D eigenvalue weighted by molar-refractivity contribution is -0.671. The van der Waals surface area contributed by atoms with E-state index in [2.05, 4.69) is 59.5 Å². The van der Waals surface area contributed by atoms with Crippen LogP contribution < -0.4 is 25.9 Å². The van der Waals surface area contributed by atoms with Gasteiger partial charge in [0.05, 0.1) is 91.3 Å². The molecule has 2 aromatic carbocycles. The molecule has 0 bridgehead atoms. The minimum absolute atomic E-state index is 0.00145. The lowest BCUT2D eigenvalue weighted by Gasteiger charge is -2.22. The van der Waals surface area contributed by atoms with Crippen LogP contribution in [0.25, 0.3) is 49.6 Å². The van der Waals surface area contributed by atoms with Crippen molar-refractivity contribution in [2.24, 2.45) is 0 Å². The molecule has 0 saturated carbocycles. The molecule has 0 fully saturated rings. The Morgan fingerprint density at radius 3 is 1.85 bits per heavy atom. The second-order valence-electron chi connectivity index (χ2n) is 17.8. The van der Waals surface area contributed by atoms with Crippen LogP contribution in [-0.4, -0.2) is 98.0 Å². The van der Waals surface area contributed by atoms with Gasteiger partial charge in [-0.15, -0.1) is 11.3 Å². The molecule has 364 valence electrons. The number of carbonyl (C=O) groups excluding carboxylic acids is 2. The van der Waals surface area contributed by atoms with Gasteiger partial charge in [-0.2, -0.15) is 25.6 Å². The lowest BCUT2D eigenvalue weighted by Crippen LogP contribution is -2.42. The summed E-state index contributed by atoms with van der Waals surface area (Å²) >= 11 is 1.32. The van der Waals surface area contributed by atoms with E-state index in [0.29, 0.717) is 60.5 Å². The van der Waals surface area contributed by atoms with Crippen molar-refractivity contribution in [3.05, 3.63) is 131 Å². The Morgan fingerprint density at radius 2 is 1.25 bits per heavy atom. The minimum Gasteiger partial charge on any atom is -0.387 e. The molecular weight excluding hydrogens is 959 g/mol. The maximum absolute atomic E-state index is 15.0. The van der Waals surface area contributed by atoms with E-state index in [0.717, 1.165) is 0 Å². The predicted octanol–water partition coefficient (Wildman–Crippen LogP) is 6.22. The van der Waals surface area contributed by atoms with E-state index in [9.17, 15) is 44.4 Å². The topological polar surface area (TPSA) is 285 Å². The SMILES string of the molecule is CC(C)(O)C(F)CNC(=O)c1cnc(-n2ncc3cc(C#N)cnc32)cc1Nc1cc(-[n+]2cc3cc(C#N)cnc3n2-c2cc(Nc3ccc(C#N)cc3)c(C(=O)NCC(F)C(C)(C)O)cn2)c2ncsc2c1. The van der Waals surface area contributed by atoms with Crippen LogP contribution in [0, 0.1) is 34.0 Å². The molecule has 2 atom stereocenters. The Balaban J connectivity index is 1.18. The fourth-order valence-electron chi connectivity index (χ4n) is 7.52. The zero-order chi connectivity index (χ0) is 51.8. The Labute approximate surface area is 417 Å². The van der Waals surface area contributed by atoms with Gasteiger partial charge in [0.2, 0.25) is 11.8 Å². The number of pyridine rings is 4. The van der Waals surface area contributed by atoms with Crippen molar-refractivity contribution in [2.75, 3.05) is 23.7 Å². The molecule has 7 aromatic heterocycles. The Morgan fingerprint density at radius 1 is 0.685 bits per heavy atom. The standard InChI is InChI=1S/C50H40F2N16O4S/c1-49(2,71)40(51)23-60-47(69)34-21-56-42(67-45-30(20-63-67)9-28(16-54)18-58-45)13-36(34)65-33-11-38(44-39(12-33)73-26-62-44)66-25-31-10-29(17-55)19-59-46(31)68(66)43-14-37(64-32-7-5-27(15-53)6-8-32)35(22-57-43)48(70)61-24-41(52)50(3,4)72/h5-14,18-22,25-26,40-41,71-72H,23-24H2,1-4H3,(H3-,56,57,60,61,64,65,69,70)/p+1. The second-order valence-corrected chi connectivity index (χ2v) is 18.7. The fraction of sp³-hybridized carbons (Fsp3) is 0.200. The number of alkyl halides is 2. The highest BCUT2D eigenvalue weighted by Gasteiger charge is 2.31. The smallest absolute Gasteiger partial charge is 0.265 e. The van der Waals surface area contributed by atoms with E-state index in [4.69, 9.17) is 9.97 Å². The number of carbonyl (C=O) groups is 2. The van der Waals surface area contributed by atoms with Crippen molar-refractivity contribution in [3.63, 3.8) is 0 Å². The van der Waals surface area contributed by atoms with Gasteiger partial charge in [-0.25, -0.2) is 33.7 Å². The zero-order valence-corrected chi connectivity index (χ0v) is 39.9. The molecule has 0 spiro atoms. The van der Waals surface area contributed by atoms with Crippen molar-refractivity contribution in [1.82, 2.24) is 50.0 Å². The molecule has 7 heterocycles. The average Bonchev–Trinajstić information content (AvgIpc) is 4.13. The Hall–Kier alpha value is -9.34. The number of nitriles is 3. The van der Waals surface area contributed by atoms with Crippen LogP contribution in [0.15, 0.2) is 103 Å². The second kappa shape index (κ2) is 19.5. The number of benzene rings is 2. The van der Waals surface area contributed by atoms with Crippen LogP contribution in [0.5, 0.6) is 0 Å². The quantitative estimate of drug-likeness (QED) is 0.0622. The summed E-state index contributed by atoms with van der Waals surface area (Å²) in [5.74, 6) is -0.974. The first-order valence-electron chi connectivity index (χ1n) is 22.2. The van der Waals surface area contributed by atoms with E-state index in [1.807, 2.05) is 6.07 Å². The van der Waals surface area contributed by atoms with Crippen molar-refractivity contribution >= 4 is 78.2 Å². The molecule has 0 aliphatic carbocycles. The van der Waals surface area contributed by atoms with Gasteiger partial charge in [-0.3, -0.25) is 9.59 Å². The van der Waals surface area contributed by atoms with Gasteiger partial charge in [0.25, 0.3) is 17.5 Å². The first-order valence-corrected chi connectivity index (χ1v) is 23.1. The predicted molar refractivity (Wildman–Crippen MR) is 264 cm³/mol. The lowest BCUT2D eigenvalue weighted by atomic mass is 10.0. The van der Waals surface area contributed by atoms with Crippen LogP contribution in [0.1, 0.15) is 65.1 Å². The number of thiazole rings is 1. The first kappa shape index (κ1) is 48.7. The Bertz CT molecular complexity index is 3770. The number of rotatable bonds is 15. The van der Waals surface area contributed by atoms with Gasteiger partial charge < -0.3 is 31.5 Å². The summed E-state index contributed by atoms with van der Waals surface area (Å²) in [6, 6.07) is 22.7. The van der Waals surface area contributed by atoms with Crippen molar-refractivity contribution < 1.29 is 33.3 Å². The summed E-state index contributed by atoms with van der Waals surface area (Å²) in [4.78, 5) is 50.7. The van der Waals surface area contributed by atoms with Crippen LogP contribution in [0.3, 0.4) is 0 Å². The van der Waals surface area contributed by atoms with Gasteiger partial charge in [-0.1, -0.05) is 9.36 Å². The summed E-state index contributed by atoms with van der Waals surface area (Å²) in [6.07, 6.45) is 5.02. The third-order valence-electron chi connectivity index (χ3n) is 11.6. The molecule has 20 nitrogen and oxygen atoms in total. The molecule has 9 rings (SSSR count). The molecule has 6 N–H and O–H groups in total. The first-order chi connectivity index (χ1) is 34.9. The molecule has 2 amide bonds. The molecule has 23 heteroatoms. The number of aromatic nitrogens is 9. The van der Waals surface area contributed by atoms with Gasteiger partial charge in [-0.05, 0) is 70.2 Å². The maximum atomic E-state index is 15.0. The van der Waals surface area contributed by atoms with E-state index in [-0.39, 0.29) is 39.7 Å². The third-order valence-corrected chi connectivity index (χ3v) is 12.4. The van der Waals surface area contributed by atoms with Gasteiger partial charge >= 0.3 is 0 Å². The third kappa shape index (κ3) is 10.0. The number of aliphatic hydroxyl groups is 2. The summed E-state index contributed by atoms with van der Waals surface area (Å²) in [7, 11) is 0. The van der Waals surface area contributed by atoms with Crippen LogP contribution in [0.2, 0.25) is 0 Å². The maximum Gasteiger partial charge on any atom is 0.265 e. The highest BCUT2D eigenvalue weighted by Crippen LogP contribution is 2.33. The van der Waals surface area contributed by atoms with Crippen LogP contribution >= 0.6 is 11.3 Å². The molecule has 0 radical (unpaired) electrons. The number of hydrogen-bond donors (Lipinski definition) is 6. The van der Waals surface area contributed by atoms with Crippen LogP contribution in [0.4, 0.5) is 31.5 Å². The Kier molecular flexibility index (Phi) is 13.0. The van der Waals surface area contributed by atoms with E-state index in [1.165, 1.54) is 74.7 Å². The number of hydrogen-bond acceptors (Lipinski definition) is 16. The highest BCUT2D eigenvalue weighted by atomic mass is 32.1. The molecule has 0 aliphatic rings. The van der Waals surface area contributed by atoms with Crippen molar-refractivity contribution in [2.45, 2.75) is 51.2 Å². The normalized spacial score (nSPS) is 12.5. The van der Waals surface area contributed by atoms with Crippen molar-refractivity contribution in [1.29, 1.82) is 15.8 Å². The number of fused-ring (bicyclic) bond motifs is 3. The van der Waals surface area contributed by atoms with Gasteiger partial charge in [0, 0.05) is 59.7 Å². The molecule has 0 aliphatic heterocycles. The molecule has 0 saturated heterocycles. The van der Waals surface area contributed by atoms with Gasteiger partial charge in [0.1, 0.15) is 24.5 Å². The largest absolute Gasteiger partial charge is 0.387 e. The van der Waals surface area contributed by atoms with Crippen molar-refractivity contribution in [3.8, 4) is 35.5 Å². The molecule has 73 heavy (non-hydrogen) atoms. The molecular formula is C50H41F2N16O4S+. The minimum atomic E-state index is -1.81. The highest BCUT2D eigenvalue weighted by molar-refractivity contribution is 7.16. The summed E-state index contributed by atoms with van der Waals surface area (Å²) < 4.78 is 35.3. The number of halogens is 2. The molecule has 2 unspecified atom stereocenters. The van der Waals surface area contributed by atoms with E-state index >= 15 is 0 Å². The average molecular weight is 1000 g/mol. The number of nitrogens with one attached hydrogen (secondary N) is 4. The zero-order valence-electron chi connectivity index (χ0n) is 39.1. The number of anilines is 4. The van der Waals surface area contributed by atoms with Crippen LogP contribution in [-0.2, 0) is 0 Å².